The van der Waals surface area contributed by atoms with Gasteiger partial charge in [0.25, 0.3) is 0 Å². The Morgan fingerprint density at radius 2 is 2.23 bits per heavy atom. The molecule has 0 fully saturated rings. The third-order valence-corrected chi connectivity index (χ3v) is 2.73. The molecule has 0 unspecified atom stereocenters. The third kappa shape index (κ3) is 1.80. The third-order valence-electron chi connectivity index (χ3n) is 2.13. The normalized spacial score (nSPS) is 16.0. The Balaban J connectivity index is 2.36. The maximum absolute atomic E-state index is 12.9. The summed E-state index contributed by atoms with van der Waals surface area (Å²) in [6, 6.07) is 5.05. The Morgan fingerprint density at radius 3 is 2.85 bits per heavy atom. The van der Waals surface area contributed by atoms with Crippen molar-refractivity contribution in [1.29, 1.82) is 0 Å². The molecule has 1 aliphatic heterocycles. The Morgan fingerprint density at radius 1 is 1.38 bits per heavy atom. The average molecular weight is 242 g/mol. The fourth-order valence-electron chi connectivity index (χ4n) is 1.45. The van der Waals surface area contributed by atoms with Crippen molar-refractivity contribution >= 4 is 21.6 Å². The van der Waals surface area contributed by atoms with E-state index in [4.69, 9.17) is 0 Å². The Kier molecular flexibility index (Phi) is 2.44. The van der Waals surface area contributed by atoms with Gasteiger partial charge in [-0.05, 0) is 46.5 Å². The standard InChI is InChI=1S/C10H9BrFN/c11-8-6-7(3-4-9(8)12)10-2-1-5-13-10/h3-4,6H,1-2,5H2. The molecule has 0 N–H and O–H groups in total. The number of benzene rings is 1. The number of hydrogen-bond donors (Lipinski definition) is 0. The van der Waals surface area contributed by atoms with Crippen LogP contribution in [0.1, 0.15) is 18.4 Å². The Bertz CT molecular complexity index is 360. The van der Waals surface area contributed by atoms with E-state index in [1.54, 1.807) is 12.1 Å². The molecule has 1 aromatic rings. The summed E-state index contributed by atoms with van der Waals surface area (Å²) in [4.78, 5) is 4.35. The number of rotatable bonds is 1. The van der Waals surface area contributed by atoms with E-state index in [-0.39, 0.29) is 5.82 Å². The minimum Gasteiger partial charge on any atom is -0.289 e. The molecule has 2 rings (SSSR count). The second-order valence-electron chi connectivity index (χ2n) is 3.06. The molecule has 0 aromatic heterocycles. The van der Waals surface area contributed by atoms with Crippen molar-refractivity contribution in [1.82, 2.24) is 0 Å². The second-order valence-corrected chi connectivity index (χ2v) is 3.92. The average Bonchev–Trinajstić information content (AvgIpc) is 2.62. The molecule has 0 aliphatic carbocycles. The van der Waals surface area contributed by atoms with E-state index in [0.29, 0.717) is 4.47 Å². The van der Waals surface area contributed by atoms with Crippen molar-refractivity contribution in [3.63, 3.8) is 0 Å². The zero-order valence-corrected chi connectivity index (χ0v) is 8.64. The van der Waals surface area contributed by atoms with Gasteiger partial charge in [-0.25, -0.2) is 4.39 Å². The van der Waals surface area contributed by atoms with Crippen LogP contribution >= 0.6 is 15.9 Å². The molecular formula is C10H9BrFN. The van der Waals surface area contributed by atoms with Gasteiger partial charge < -0.3 is 0 Å². The maximum atomic E-state index is 12.9. The van der Waals surface area contributed by atoms with Gasteiger partial charge in [0.2, 0.25) is 0 Å². The molecule has 1 heterocycles. The zero-order chi connectivity index (χ0) is 9.26. The summed E-state index contributed by atoms with van der Waals surface area (Å²) in [6.45, 7) is 0.907. The molecule has 68 valence electrons. The lowest BCUT2D eigenvalue weighted by Gasteiger charge is -2.01. The van der Waals surface area contributed by atoms with Crippen LogP contribution in [-0.2, 0) is 0 Å². The summed E-state index contributed by atoms with van der Waals surface area (Å²) in [5.41, 5.74) is 2.13. The molecule has 1 aliphatic rings. The lowest BCUT2D eigenvalue weighted by atomic mass is 10.1. The summed E-state index contributed by atoms with van der Waals surface area (Å²) in [5.74, 6) is -0.220. The van der Waals surface area contributed by atoms with Crippen LogP contribution in [0, 0.1) is 5.82 Å². The molecule has 1 aromatic carbocycles. The van der Waals surface area contributed by atoms with Crippen molar-refractivity contribution in [3.8, 4) is 0 Å². The van der Waals surface area contributed by atoms with Gasteiger partial charge in [-0.2, -0.15) is 0 Å². The highest BCUT2D eigenvalue weighted by Crippen LogP contribution is 2.20. The first-order chi connectivity index (χ1) is 6.27. The maximum Gasteiger partial charge on any atom is 0.137 e. The topological polar surface area (TPSA) is 12.4 Å². The molecular weight excluding hydrogens is 233 g/mol. The summed E-state index contributed by atoms with van der Waals surface area (Å²) in [5, 5.41) is 0. The van der Waals surface area contributed by atoms with Gasteiger partial charge in [-0.1, -0.05) is 6.07 Å². The largest absolute Gasteiger partial charge is 0.289 e. The van der Waals surface area contributed by atoms with Crippen molar-refractivity contribution < 1.29 is 4.39 Å². The molecule has 0 spiro atoms. The van der Waals surface area contributed by atoms with E-state index in [9.17, 15) is 4.39 Å². The van der Waals surface area contributed by atoms with Gasteiger partial charge in [0, 0.05) is 12.3 Å². The quantitative estimate of drug-likeness (QED) is 0.717. The predicted octanol–water partition coefficient (Wildman–Crippen LogP) is 3.17. The van der Waals surface area contributed by atoms with Crippen LogP contribution in [0.15, 0.2) is 27.7 Å². The summed E-state index contributed by atoms with van der Waals surface area (Å²) in [7, 11) is 0. The Labute approximate surface area is 84.8 Å². The smallest absolute Gasteiger partial charge is 0.137 e. The van der Waals surface area contributed by atoms with Crippen molar-refractivity contribution in [2.24, 2.45) is 4.99 Å². The number of nitrogens with zero attached hydrogens (tertiary/aromatic N) is 1. The van der Waals surface area contributed by atoms with Gasteiger partial charge in [0.1, 0.15) is 5.82 Å². The first-order valence-electron chi connectivity index (χ1n) is 4.26. The monoisotopic (exact) mass is 241 g/mol. The first-order valence-corrected chi connectivity index (χ1v) is 5.05. The molecule has 0 saturated carbocycles. The van der Waals surface area contributed by atoms with Crippen LogP contribution in [0.5, 0.6) is 0 Å². The van der Waals surface area contributed by atoms with Crippen LogP contribution in [0.25, 0.3) is 0 Å². The van der Waals surface area contributed by atoms with Crippen molar-refractivity contribution in [3.05, 3.63) is 34.1 Å². The lowest BCUT2D eigenvalue weighted by Crippen LogP contribution is -1.96. The van der Waals surface area contributed by atoms with E-state index in [2.05, 4.69) is 20.9 Å². The number of aliphatic imine (C=N–C) groups is 1. The highest BCUT2D eigenvalue weighted by Gasteiger charge is 2.10. The minimum absolute atomic E-state index is 0.220. The van der Waals surface area contributed by atoms with Crippen LogP contribution in [0.3, 0.4) is 0 Å². The van der Waals surface area contributed by atoms with E-state index in [0.717, 1.165) is 30.7 Å². The second kappa shape index (κ2) is 3.58. The fraction of sp³-hybridized carbons (Fsp3) is 0.300. The molecule has 0 radical (unpaired) electrons. The Hall–Kier alpha value is -0.700. The van der Waals surface area contributed by atoms with E-state index >= 15 is 0 Å². The molecule has 0 saturated heterocycles. The number of halogens is 2. The molecule has 0 bridgehead atoms. The highest BCUT2D eigenvalue weighted by molar-refractivity contribution is 9.10. The van der Waals surface area contributed by atoms with Crippen LogP contribution < -0.4 is 0 Å². The van der Waals surface area contributed by atoms with Gasteiger partial charge in [0.15, 0.2) is 0 Å². The molecule has 13 heavy (non-hydrogen) atoms. The predicted molar refractivity (Wildman–Crippen MR) is 54.7 cm³/mol. The van der Waals surface area contributed by atoms with Crippen LogP contribution in [0.2, 0.25) is 0 Å². The van der Waals surface area contributed by atoms with Crippen LogP contribution in [0.4, 0.5) is 4.39 Å². The van der Waals surface area contributed by atoms with Gasteiger partial charge in [0.05, 0.1) is 4.47 Å². The SMILES string of the molecule is Fc1ccc(C2=NCCC2)cc1Br. The highest BCUT2D eigenvalue weighted by atomic mass is 79.9. The molecule has 0 atom stereocenters. The van der Waals surface area contributed by atoms with E-state index < -0.39 is 0 Å². The number of hydrogen-bond acceptors (Lipinski definition) is 1. The minimum atomic E-state index is -0.220. The van der Waals surface area contributed by atoms with Crippen molar-refractivity contribution in [2.75, 3.05) is 6.54 Å². The molecule has 0 amide bonds. The van der Waals surface area contributed by atoms with E-state index in [1.807, 2.05) is 0 Å². The van der Waals surface area contributed by atoms with Gasteiger partial charge >= 0.3 is 0 Å². The fourth-order valence-corrected chi connectivity index (χ4v) is 1.83. The first kappa shape index (κ1) is 8.88. The summed E-state index contributed by atoms with van der Waals surface area (Å²) in [6.07, 6.45) is 2.13. The van der Waals surface area contributed by atoms with Gasteiger partial charge in [-0.15, -0.1) is 0 Å². The van der Waals surface area contributed by atoms with Crippen LogP contribution in [-0.4, -0.2) is 12.3 Å². The molecule has 1 nitrogen and oxygen atoms in total. The van der Waals surface area contributed by atoms with Gasteiger partial charge in [-0.3, -0.25) is 4.99 Å². The summed E-state index contributed by atoms with van der Waals surface area (Å²) >= 11 is 3.16. The zero-order valence-electron chi connectivity index (χ0n) is 7.06. The summed E-state index contributed by atoms with van der Waals surface area (Å²) < 4.78 is 13.4. The molecule has 3 heteroatoms. The van der Waals surface area contributed by atoms with E-state index in [1.165, 1.54) is 6.07 Å². The van der Waals surface area contributed by atoms with Crippen molar-refractivity contribution in [2.45, 2.75) is 12.8 Å². The lowest BCUT2D eigenvalue weighted by molar-refractivity contribution is 0.621.